The molecule has 2 aromatic carbocycles. The van der Waals surface area contributed by atoms with Crippen molar-refractivity contribution in [2.75, 3.05) is 44.7 Å². The van der Waals surface area contributed by atoms with Gasteiger partial charge in [0.25, 0.3) is 5.89 Å². The number of halogens is 5. The molecule has 0 saturated carbocycles. The highest BCUT2D eigenvalue weighted by Crippen LogP contribution is 2.28. The molecule has 12 heteroatoms. The Hall–Kier alpha value is -3.02. The first kappa shape index (κ1) is 27.6. The molecule has 1 fully saturated rings. The quantitative estimate of drug-likeness (QED) is 0.317. The highest BCUT2D eigenvalue weighted by molar-refractivity contribution is 6.31. The smallest absolute Gasteiger partial charge is 0.314 e. The second kappa shape index (κ2) is 12.8. The number of nitrogens with zero attached hydrogens (tertiary/aromatic N) is 5. The first-order chi connectivity index (χ1) is 17.2. The van der Waals surface area contributed by atoms with Crippen LogP contribution < -0.4 is 4.90 Å². The van der Waals surface area contributed by atoms with Gasteiger partial charge in [0.05, 0.1) is 17.3 Å². The predicted octanol–water partition coefficient (Wildman–Crippen LogP) is 5.02. The lowest BCUT2D eigenvalue weighted by atomic mass is 10.1. The molecule has 1 amide bonds. The topological polar surface area (TPSA) is 65.7 Å². The van der Waals surface area contributed by atoms with Gasteiger partial charge >= 0.3 is 6.43 Å². The molecule has 1 saturated heterocycles. The molecular weight excluding hydrogens is 502 g/mol. The molecule has 0 atom stereocenters. The summed E-state index contributed by atoms with van der Waals surface area (Å²) >= 11 is 5.69. The monoisotopic (exact) mass is 527 g/mol. The normalized spacial score (nSPS) is 14.4. The fraction of sp³-hybridized carbons (Fsp3) is 0.375. The second-order valence-corrected chi connectivity index (χ2v) is 8.50. The minimum Gasteiger partial charge on any atom is -0.415 e. The maximum absolute atomic E-state index is 14.4. The van der Waals surface area contributed by atoms with Crippen LogP contribution in [0.15, 0.2) is 40.8 Å². The van der Waals surface area contributed by atoms with Crippen LogP contribution in [0.2, 0.25) is 5.02 Å². The van der Waals surface area contributed by atoms with Crippen molar-refractivity contribution in [3.05, 3.63) is 64.5 Å². The zero-order chi connectivity index (χ0) is 26.2. The van der Waals surface area contributed by atoms with Crippen molar-refractivity contribution in [2.45, 2.75) is 19.9 Å². The van der Waals surface area contributed by atoms with Crippen molar-refractivity contribution in [2.24, 2.45) is 0 Å². The van der Waals surface area contributed by atoms with Crippen LogP contribution >= 0.6 is 11.6 Å². The Balaban J connectivity index is 0.000000338. The number of aromatic nitrogens is 2. The minimum atomic E-state index is -2.94. The van der Waals surface area contributed by atoms with Gasteiger partial charge in [0.2, 0.25) is 12.3 Å². The Kier molecular flexibility index (Phi) is 9.80. The number of benzene rings is 2. The van der Waals surface area contributed by atoms with E-state index in [0.717, 1.165) is 11.0 Å². The fourth-order valence-corrected chi connectivity index (χ4v) is 3.66. The SMILES string of the molecule is CCN1CCN(C)CC1.O=CN(Cc1ccc(-c2nnc(C(F)F)o2)cc1F)c1cccc(Cl)c1F. The zero-order valence-electron chi connectivity index (χ0n) is 19.8. The standard InChI is InChI=1S/C17H10ClF4N3O2.C7H16N2/c18-11-2-1-3-13(14(11)20)25(8-26)7-10-5-4-9(6-12(10)19)16-23-24-17(27-16)15(21)22;1-3-9-6-4-8(2)5-7-9/h1-6,8,15H,7H2;3-7H2,1-2H3. The third-order valence-electron chi connectivity index (χ3n) is 5.68. The number of alkyl halides is 2. The molecule has 3 aromatic rings. The number of carbonyl (C=O) groups excluding carboxylic acids is 1. The van der Waals surface area contributed by atoms with Gasteiger partial charge in [0.15, 0.2) is 5.82 Å². The van der Waals surface area contributed by atoms with Crippen LogP contribution in [0.5, 0.6) is 0 Å². The van der Waals surface area contributed by atoms with E-state index in [9.17, 15) is 22.4 Å². The van der Waals surface area contributed by atoms with E-state index < -0.39 is 24.0 Å². The van der Waals surface area contributed by atoms with Crippen LogP contribution in [0.25, 0.3) is 11.5 Å². The summed E-state index contributed by atoms with van der Waals surface area (Å²) in [5.41, 5.74) is 0.0283. The van der Waals surface area contributed by atoms with Crippen molar-refractivity contribution in [3.63, 3.8) is 0 Å². The van der Waals surface area contributed by atoms with Gasteiger partial charge in [-0.05, 0) is 37.9 Å². The van der Waals surface area contributed by atoms with Gasteiger partial charge in [-0.25, -0.2) is 8.78 Å². The average molecular weight is 528 g/mol. The number of hydrogen-bond acceptors (Lipinski definition) is 6. The Bertz CT molecular complexity index is 1160. The molecule has 194 valence electrons. The summed E-state index contributed by atoms with van der Waals surface area (Å²) in [6, 6.07) is 7.75. The Morgan fingerprint density at radius 3 is 2.44 bits per heavy atom. The highest BCUT2D eigenvalue weighted by atomic mass is 35.5. The maximum Gasteiger partial charge on any atom is 0.314 e. The van der Waals surface area contributed by atoms with E-state index in [1.807, 2.05) is 0 Å². The Morgan fingerprint density at radius 1 is 1.14 bits per heavy atom. The summed E-state index contributed by atoms with van der Waals surface area (Å²) in [5, 5.41) is 6.42. The molecule has 0 radical (unpaired) electrons. The summed E-state index contributed by atoms with van der Waals surface area (Å²) in [5.74, 6) is -2.73. The van der Waals surface area contributed by atoms with Gasteiger partial charge in [0, 0.05) is 37.3 Å². The van der Waals surface area contributed by atoms with Crippen LogP contribution in [0.4, 0.5) is 23.2 Å². The molecule has 1 aliphatic heterocycles. The molecule has 0 bridgehead atoms. The molecule has 0 spiro atoms. The summed E-state index contributed by atoms with van der Waals surface area (Å²) in [6.45, 7) is 8.17. The number of rotatable bonds is 7. The molecule has 0 unspecified atom stereocenters. The molecule has 0 aliphatic carbocycles. The Labute approximate surface area is 211 Å². The van der Waals surface area contributed by atoms with E-state index in [0.29, 0.717) is 6.41 Å². The third-order valence-corrected chi connectivity index (χ3v) is 5.97. The minimum absolute atomic E-state index is 0.0545. The van der Waals surface area contributed by atoms with E-state index in [1.54, 1.807) is 0 Å². The lowest BCUT2D eigenvalue weighted by Crippen LogP contribution is -2.44. The summed E-state index contributed by atoms with van der Waals surface area (Å²) in [6.07, 6.45) is -2.60. The number of likely N-dealkylation sites (N-methyl/N-ethyl adjacent to an activating group) is 2. The van der Waals surface area contributed by atoms with Crippen molar-refractivity contribution in [1.82, 2.24) is 20.0 Å². The number of hydrogen-bond donors (Lipinski definition) is 0. The molecular formula is C24H26ClF4N5O2. The van der Waals surface area contributed by atoms with E-state index >= 15 is 0 Å². The summed E-state index contributed by atoms with van der Waals surface area (Å²) in [7, 11) is 2.19. The van der Waals surface area contributed by atoms with Crippen LogP contribution in [0, 0.1) is 11.6 Å². The van der Waals surface area contributed by atoms with E-state index in [4.69, 9.17) is 16.0 Å². The molecule has 36 heavy (non-hydrogen) atoms. The Morgan fingerprint density at radius 2 is 1.86 bits per heavy atom. The maximum atomic E-state index is 14.4. The summed E-state index contributed by atoms with van der Waals surface area (Å²) in [4.78, 5) is 17.1. The fourth-order valence-electron chi connectivity index (χ4n) is 3.49. The van der Waals surface area contributed by atoms with Crippen LogP contribution in [-0.4, -0.2) is 66.2 Å². The number of piperazine rings is 1. The van der Waals surface area contributed by atoms with Crippen LogP contribution in [0.3, 0.4) is 0 Å². The van der Waals surface area contributed by atoms with E-state index in [1.165, 1.54) is 63.1 Å². The van der Waals surface area contributed by atoms with Gasteiger partial charge < -0.3 is 19.1 Å². The molecule has 1 aliphatic rings. The predicted molar refractivity (Wildman–Crippen MR) is 128 cm³/mol. The zero-order valence-corrected chi connectivity index (χ0v) is 20.6. The van der Waals surface area contributed by atoms with Gasteiger partial charge in [-0.3, -0.25) is 4.79 Å². The number of anilines is 1. The molecule has 7 nitrogen and oxygen atoms in total. The van der Waals surface area contributed by atoms with E-state index in [2.05, 4.69) is 34.0 Å². The van der Waals surface area contributed by atoms with Crippen molar-refractivity contribution < 1.29 is 26.8 Å². The van der Waals surface area contributed by atoms with Crippen molar-refractivity contribution in [1.29, 1.82) is 0 Å². The van der Waals surface area contributed by atoms with Crippen molar-refractivity contribution in [3.8, 4) is 11.5 Å². The highest BCUT2D eigenvalue weighted by Gasteiger charge is 2.19. The first-order valence-corrected chi connectivity index (χ1v) is 11.6. The van der Waals surface area contributed by atoms with Crippen molar-refractivity contribution >= 4 is 23.7 Å². The number of carbonyl (C=O) groups is 1. The van der Waals surface area contributed by atoms with Crippen LogP contribution in [0.1, 0.15) is 24.8 Å². The summed E-state index contributed by atoms with van der Waals surface area (Å²) < 4.78 is 58.2. The number of amides is 1. The van der Waals surface area contributed by atoms with Crippen LogP contribution in [-0.2, 0) is 11.3 Å². The molecule has 4 rings (SSSR count). The van der Waals surface area contributed by atoms with Gasteiger partial charge in [-0.2, -0.15) is 8.78 Å². The van der Waals surface area contributed by atoms with E-state index in [-0.39, 0.29) is 34.3 Å². The lowest BCUT2D eigenvalue weighted by molar-refractivity contribution is -0.107. The largest absolute Gasteiger partial charge is 0.415 e. The molecule has 0 N–H and O–H groups in total. The van der Waals surface area contributed by atoms with Gasteiger partial charge in [0.1, 0.15) is 5.82 Å². The second-order valence-electron chi connectivity index (χ2n) is 8.10. The van der Waals surface area contributed by atoms with Gasteiger partial charge in [-0.15, -0.1) is 10.2 Å². The average Bonchev–Trinajstić information content (AvgIpc) is 3.37. The third kappa shape index (κ3) is 7.02. The van der Waals surface area contributed by atoms with Gasteiger partial charge in [-0.1, -0.05) is 30.7 Å². The first-order valence-electron chi connectivity index (χ1n) is 11.2. The lowest BCUT2D eigenvalue weighted by Gasteiger charge is -2.31. The molecule has 2 heterocycles. The molecule has 1 aromatic heterocycles.